The van der Waals surface area contributed by atoms with Crippen LogP contribution in [0.5, 0.6) is 0 Å². The van der Waals surface area contributed by atoms with Crippen molar-refractivity contribution in [3.05, 3.63) is 144 Å². The van der Waals surface area contributed by atoms with Crippen LogP contribution in [0, 0.1) is 5.92 Å². The Hall–Kier alpha value is -3.36. The van der Waals surface area contributed by atoms with E-state index in [2.05, 4.69) is 107 Å². The van der Waals surface area contributed by atoms with E-state index >= 15 is 0 Å². The topological polar surface area (TPSA) is 52.2 Å². The number of nitrogens with zero attached hydrogens (tertiary/aromatic N) is 1. The first kappa shape index (κ1) is 32.6. The molecular formula is C40H48N2O4. The number of piperidine rings is 2. The van der Waals surface area contributed by atoms with Gasteiger partial charge in [-0.05, 0) is 54.1 Å². The summed E-state index contributed by atoms with van der Waals surface area (Å²) in [5.74, 6) is 0.566. The normalized spacial score (nSPS) is 23.7. The zero-order valence-corrected chi connectivity index (χ0v) is 26.8. The van der Waals surface area contributed by atoms with Crippen LogP contribution >= 0.6 is 0 Å². The summed E-state index contributed by atoms with van der Waals surface area (Å²) in [7, 11) is 0. The van der Waals surface area contributed by atoms with E-state index in [9.17, 15) is 0 Å². The van der Waals surface area contributed by atoms with E-state index in [1.807, 2.05) is 24.3 Å². The van der Waals surface area contributed by atoms with Gasteiger partial charge in [0.1, 0.15) is 12.2 Å². The Balaban J connectivity index is 1.29. The molecule has 2 heterocycles. The average molecular weight is 621 g/mol. The summed E-state index contributed by atoms with van der Waals surface area (Å²) >= 11 is 0. The third-order valence-corrected chi connectivity index (χ3v) is 9.12. The average Bonchev–Trinajstić information content (AvgIpc) is 3.12. The molecule has 0 saturated carbocycles. The van der Waals surface area contributed by atoms with Crippen molar-refractivity contribution in [1.29, 1.82) is 0 Å². The summed E-state index contributed by atoms with van der Waals surface area (Å²) in [4.78, 5) is 2.58. The van der Waals surface area contributed by atoms with Gasteiger partial charge in [-0.15, -0.1) is 0 Å². The van der Waals surface area contributed by atoms with Crippen molar-refractivity contribution in [3.63, 3.8) is 0 Å². The van der Waals surface area contributed by atoms with Gasteiger partial charge in [0.25, 0.3) is 0 Å². The van der Waals surface area contributed by atoms with Crippen molar-refractivity contribution in [3.8, 4) is 0 Å². The molecule has 5 atom stereocenters. The number of benzene rings is 4. The molecule has 6 heteroatoms. The van der Waals surface area contributed by atoms with Crippen molar-refractivity contribution < 1.29 is 18.9 Å². The van der Waals surface area contributed by atoms with Crippen molar-refractivity contribution in [2.45, 2.75) is 63.6 Å². The Bertz CT molecular complexity index is 1390. The van der Waals surface area contributed by atoms with E-state index in [-0.39, 0.29) is 24.4 Å². The molecule has 0 aromatic heterocycles. The second kappa shape index (κ2) is 17.5. The summed E-state index contributed by atoms with van der Waals surface area (Å²) < 4.78 is 27.1. The molecule has 2 saturated heterocycles. The van der Waals surface area contributed by atoms with Crippen LogP contribution in [0.25, 0.3) is 0 Å². The van der Waals surface area contributed by atoms with E-state index in [0.717, 1.165) is 42.9 Å². The Morgan fingerprint density at radius 2 is 1.09 bits per heavy atom. The maximum Gasteiger partial charge on any atom is 0.113 e. The van der Waals surface area contributed by atoms with Gasteiger partial charge in [-0.3, -0.25) is 4.90 Å². The lowest BCUT2D eigenvalue weighted by Gasteiger charge is -2.49. The SMILES string of the molecule is c1ccc(COC[C@H]2[C@@H](OCc3ccccc3)[C@H](OCc3ccccc3)[C@@H](OCc3ccccc3)CN2C[C@@H]2CCCNC2)cc1. The molecule has 2 aliphatic rings. The molecule has 242 valence electrons. The molecule has 0 spiro atoms. The quantitative estimate of drug-likeness (QED) is 0.161. The third-order valence-electron chi connectivity index (χ3n) is 9.12. The van der Waals surface area contributed by atoms with E-state index in [0.29, 0.717) is 39.0 Å². The van der Waals surface area contributed by atoms with Gasteiger partial charge >= 0.3 is 0 Å². The first-order valence-electron chi connectivity index (χ1n) is 16.8. The second-order valence-corrected chi connectivity index (χ2v) is 12.6. The Labute approximate surface area is 274 Å². The van der Waals surface area contributed by atoms with Crippen LogP contribution in [-0.2, 0) is 45.4 Å². The highest BCUT2D eigenvalue weighted by molar-refractivity contribution is 5.16. The van der Waals surface area contributed by atoms with E-state index in [1.165, 1.54) is 18.4 Å². The fourth-order valence-electron chi connectivity index (χ4n) is 6.67. The Morgan fingerprint density at radius 1 is 0.587 bits per heavy atom. The highest BCUT2D eigenvalue weighted by atomic mass is 16.6. The molecule has 1 N–H and O–H groups in total. The van der Waals surface area contributed by atoms with Crippen LogP contribution < -0.4 is 5.32 Å². The van der Waals surface area contributed by atoms with Gasteiger partial charge < -0.3 is 24.3 Å². The number of nitrogens with one attached hydrogen (secondary N) is 1. The number of ether oxygens (including phenoxy) is 4. The fraction of sp³-hybridized carbons (Fsp3) is 0.400. The minimum atomic E-state index is -0.279. The van der Waals surface area contributed by atoms with Crippen LogP contribution in [0.2, 0.25) is 0 Å². The number of rotatable bonds is 15. The maximum absolute atomic E-state index is 6.94. The summed E-state index contributed by atoms with van der Waals surface area (Å²) in [6.07, 6.45) is 1.72. The zero-order valence-electron chi connectivity index (χ0n) is 26.8. The minimum absolute atomic E-state index is 0.00620. The Kier molecular flexibility index (Phi) is 12.4. The molecule has 4 aromatic rings. The van der Waals surface area contributed by atoms with Gasteiger partial charge in [0.05, 0.1) is 45.2 Å². The van der Waals surface area contributed by atoms with Gasteiger partial charge in [0, 0.05) is 13.1 Å². The van der Waals surface area contributed by atoms with Gasteiger partial charge in [-0.1, -0.05) is 121 Å². The Morgan fingerprint density at radius 3 is 1.61 bits per heavy atom. The number of hydrogen-bond donors (Lipinski definition) is 1. The van der Waals surface area contributed by atoms with Crippen LogP contribution in [0.15, 0.2) is 121 Å². The van der Waals surface area contributed by atoms with Crippen LogP contribution in [0.4, 0.5) is 0 Å². The summed E-state index contributed by atoms with van der Waals surface area (Å²) in [6.45, 7) is 6.48. The van der Waals surface area contributed by atoms with Crippen molar-refractivity contribution in [2.75, 3.05) is 32.8 Å². The lowest BCUT2D eigenvalue weighted by molar-refractivity contribution is -0.212. The molecule has 6 rings (SSSR count). The van der Waals surface area contributed by atoms with Crippen molar-refractivity contribution in [2.24, 2.45) is 5.92 Å². The minimum Gasteiger partial charge on any atom is -0.375 e. The first-order chi connectivity index (χ1) is 22.8. The van der Waals surface area contributed by atoms with Crippen molar-refractivity contribution >= 4 is 0 Å². The van der Waals surface area contributed by atoms with Crippen LogP contribution in [0.3, 0.4) is 0 Å². The maximum atomic E-state index is 6.94. The standard InChI is InChI=1S/C40H48N2O4/c1-5-14-32(15-6-1)27-43-31-37-39(45-29-34-18-9-3-10-19-34)40(46-30-35-20-11-4-12-21-35)38(44-28-33-16-7-2-8-17-33)26-42(37)25-36-22-13-23-41-24-36/h1-12,14-21,36-41H,13,22-31H2/t36-,37+,38+,39-,40-/m1/s1. The predicted octanol–water partition coefficient (Wildman–Crippen LogP) is 6.64. The second-order valence-electron chi connectivity index (χ2n) is 12.6. The molecule has 2 fully saturated rings. The summed E-state index contributed by atoms with van der Waals surface area (Å²) in [6, 6.07) is 41.7. The number of likely N-dealkylation sites (tertiary alicyclic amines) is 1. The van der Waals surface area contributed by atoms with E-state index in [4.69, 9.17) is 18.9 Å². The molecule has 0 amide bonds. The highest BCUT2D eigenvalue weighted by Crippen LogP contribution is 2.30. The molecule has 0 aliphatic carbocycles. The molecule has 2 aliphatic heterocycles. The van der Waals surface area contributed by atoms with E-state index < -0.39 is 0 Å². The third kappa shape index (κ3) is 9.58. The molecule has 0 radical (unpaired) electrons. The molecule has 46 heavy (non-hydrogen) atoms. The van der Waals surface area contributed by atoms with Crippen LogP contribution in [-0.4, -0.2) is 62.0 Å². The lowest BCUT2D eigenvalue weighted by Crippen LogP contribution is -2.65. The smallest absolute Gasteiger partial charge is 0.113 e. The zero-order chi connectivity index (χ0) is 31.2. The van der Waals surface area contributed by atoms with Gasteiger partial charge in [0.15, 0.2) is 0 Å². The highest BCUT2D eigenvalue weighted by Gasteiger charge is 2.46. The van der Waals surface area contributed by atoms with E-state index in [1.54, 1.807) is 0 Å². The van der Waals surface area contributed by atoms with Gasteiger partial charge in [-0.25, -0.2) is 0 Å². The molecule has 0 bridgehead atoms. The summed E-state index contributed by atoms with van der Waals surface area (Å²) in [5, 5.41) is 3.62. The van der Waals surface area contributed by atoms with Crippen molar-refractivity contribution in [1.82, 2.24) is 10.2 Å². The molecule has 6 nitrogen and oxygen atoms in total. The van der Waals surface area contributed by atoms with Gasteiger partial charge in [-0.2, -0.15) is 0 Å². The van der Waals surface area contributed by atoms with Crippen LogP contribution in [0.1, 0.15) is 35.1 Å². The molecule has 0 unspecified atom stereocenters. The first-order valence-corrected chi connectivity index (χ1v) is 16.8. The molecular weight excluding hydrogens is 572 g/mol. The fourth-order valence-corrected chi connectivity index (χ4v) is 6.67. The summed E-state index contributed by atoms with van der Waals surface area (Å²) in [5.41, 5.74) is 4.61. The monoisotopic (exact) mass is 620 g/mol. The largest absolute Gasteiger partial charge is 0.375 e. The molecule has 4 aromatic carbocycles. The number of hydrogen-bond acceptors (Lipinski definition) is 6. The predicted molar refractivity (Wildman–Crippen MR) is 182 cm³/mol. The van der Waals surface area contributed by atoms with Gasteiger partial charge in [0.2, 0.25) is 0 Å². The lowest BCUT2D eigenvalue weighted by atomic mass is 9.90.